The van der Waals surface area contributed by atoms with Gasteiger partial charge in [0.1, 0.15) is 0 Å². The molecule has 1 amide bonds. The van der Waals surface area contributed by atoms with Crippen LogP contribution in [0.25, 0.3) is 0 Å². The Balaban J connectivity index is 2.10. The van der Waals surface area contributed by atoms with Gasteiger partial charge in [0, 0.05) is 6.54 Å². The summed E-state index contributed by atoms with van der Waals surface area (Å²) in [6.45, 7) is 5.73. The number of ether oxygens (including phenoxy) is 2. The fourth-order valence-corrected chi connectivity index (χ4v) is 3.44. The summed E-state index contributed by atoms with van der Waals surface area (Å²) < 4.78 is 11.6. The SMILES string of the molecule is CC(C)CCN1C(=O)C2(OCCCO2)c2c(Cl)ccc(Cl)c21. The van der Waals surface area contributed by atoms with Crippen molar-refractivity contribution in [2.45, 2.75) is 32.5 Å². The van der Waals surface area contributed by atoms with Crippen molar-refractivity contribution < 1.29 is 14.3 Å². The topological polar surface area (TPSA) is 38.8 Å². The molecule has 120 valence electrons. The summed E-state index contributed by atoms with van der Waals surface area (Å²) in [5, 5.41) is 0.938. The summed E-state index contributed by atoms with van der Waals surface area (Å²) in [4.78, 5) is 14.7. The van der Waals surface area contributed by atoms with Gasteiger partial charge in [-0.1, -0.05) is 37.0 Å². The molecule has 1 spiro atoms. The second kappa shape index (κ2) is 6.00. The Labute approximate surface area is 140 Å². The maximum atomic E-state index is 13.0. The van der Waals surface area contributed by atoms with Crippen LogP contribution in [0.4, 0.5) is 5.69 Å². The van der Waals surface area contributed by atoms with Crippen LogP contribution in [0.2, 0.25) is 10.0 Å². The lowest BCUT2D eigenvalue weighted by molar-refractivity contribution is -0.256. The fraction of sp³-hybridized carbons (Fsp3) is 0.562. The fourth-order valence-electron chi connectivity index (χ4n) is 2.91. The van der Waals surface area contributed by atoms with Crippen LogP contribution in [-0.2, 0) is 20.1 Å². The number of amides is 1. The third-order valence-corrected chi connectivity index (χ3v) is 4.65. The van der Waals surface area contributed by atoms with E-state index < -0.39 is 5.79 Å². The first-order valence-electron chi connectivity index (χ1n) is 7.55. The Morgan fingerprint density at radius 3 is 2.50 bits per heavy atom. The highest BCUT2D eigenvalue weighted by atomic mass is 35.5. The highest BCUT2D eigenvalue weighted by Crippen LogP contribution is 2.51. The van der Waals surface area contributed by atoms with E-state index in [1.165, 1.54) is 0 Å². The van der Waals surface area contributed by atoms with Gasteiger partial charge in [0.05, 0.1) is 34.5 Å². The highest BCUT2D eigenvalue weighted by Gasteiger charge is 2.56. The average Bonchev–Trinajstić information content (AvgIpc) is 2.73. The minimum absolute atomic E-state index is 0.224. The number of carbonyl (C=O) groups excluding carboxylic acids is 1. The Morgan fingerprint density at radius 2 is 1.86 bits per heavy atom. The van der Waals surface area contributed by atoms with E-state index in [0.29, 0.717) is 47.0 Å². The molecule has 0 N–H and O–H groups in total. The molecule has 0 unspecified atom stereocenters. The molecular weight excluding hydrogens is 325 g/mol. The van der Waals surface area contributed by atoms with Crippen LogP contribution in [0.15, 0.2) is 12.1 Å². The van der Waals surface area contributed by atoms with Crippen molar-refractivity contribution in [1.29, 1.82) is 0 Å². The van der Waals surface area contributed by atoms with E-state index in [1.54, 1.807) is 17.0 Å². The lowest BCUT2D eigenvalue weighted by Crippen LogP contribution is -2.47. The Morgan fingerprint density at radius 1 is 1.23 bits per heavy atom. The number of hydrogen-bond acceptors (Lipinski definition) is 3. The van der Waals surface area contributed by atoms with Crippen LogP contribution in [0, 0.1) is 5.92 Å². The molecule has 22 heavy (non-hydrogen) atoms. The van der Waals surface area contributed by atoms with Gasteiger partial charge in [-0.2, -0.15) is 0 Å². The summed E-state index contributed by atoms with van der Waals surface area (Å²) in [6.07, 6.45) is 1.62. The number of benzene rings is 1. The number of halogens is 2. The van der Waals surface area contributed by atoms with Gasteiger partial charge in [-0.3, -0.25) is 4.79 Å². The van der Waals surface area contributed by atoms with Crippen LogP contribution in [0.5, 0.6) is 0 Å². The van der Waals surface area contributed by atoms with Crippen molar-refractivity contribution in [3.05, 3.63) is 27.7 Å². The van der Waals surface area contributed by atoms with E-state index in [1.807, 2.05) is 0 Å². The zero-order valence-electron chi connectivity index (χ0n) is 12.7. The summed E-state index contributed by atoms with van der Waals surface area (Å²) >= 11 is 12.7. The van der Waals surface area contributed by atoms with Gasteiger partial charge in [-0.15, -0.1) is 0 Å². The number of nitrogens with zero attached hydrogens (tertiary/aromatic N) is 1. The molecule has 2 aliphatic heterocycles. The van der Waals surface area contributed by atoms with Gasteiger partial charge in [0.2, 0.25) is 0 Å². The van der Waals surface area contributed by atoms with Crippen LogP contribution in [0.1, 0.15) is 32.3 Å². The molecule has 2 aliphatic rings. The lowest BCUT2D eigenvalue weighted by Gasteiger charge is -2.32. The summed E-state index contributed by atoms with van der Waals surface area (Å²) in [5.74, 6) is -1.18. The average molecular weight is 344 g/mol. The standard InChI is InChI=1S/C16H19Cl2NO3/c1-10(2)6-7-19-14-12(18)5-4-11(17)13(14)16(15(19)20)21-8-3-9-22-16/h4-5,10H,3,6-9H2,1-2H3. The Bertz CT molecular complexity index is 597. The molecule has 3 rings (SSSR count). The van der Waals surface area contributed by atoms with E-state index in [9.17, 15) is 4.79 Å². The van der Waals surface area contributed by atoms with Crippen LogP contribution in [0.3, 0.4) is 0 Å². The second-order valence-electron chi connectivity index (χ2n) is 6.06. The van der Waals surface area contributed by atoms with Crippen LogP contribution < -0.4 is 4.90 Å². The molecule has 0 aromatic heterocycles. The normalized spacial score (nSPS) is 20.0. The first-order chi connectivity index (χ1) is 10.5. The molecule has 0 aliphatic carbocycles. The number of hydrogen-bond donors (Lipinski definition) is 0. The third kappa shape index (κ3) is 2.42. The van der Waals surface area contributed by atoms with Gasteiger partial charge >= 0.3 is 0 Å². The monoisotopic (exact) mass is 343 g/mol. The van der Waals surface area contributed by atoms with Gasteiger partial charge in [0.25, 0.3) is 11.7 Å². The maximum Gasteiger partial charge on any atom is 0.292 e. The molecule has 2 heterocycles. The molecule has 0 saturated carbocycles. The maximum absolute atomic E-state index is 13.0. The first kappa shape index (κ1) is 16.1. The second-order valence-corrected chi connectivity index (χ2v) is 6.87. The largest absolute Gasteiger partial charge is 0.338 e. The van der Waals surface area contributed by atoms with Crippen molar-refractivity contribution in [1.82, 2.24) is 0 Å². The van der Waals surface area contributed by atoms with Gasteiger partial charge in [-0.25, -0.2) is 0 Å². The molecule has 6 heteroatoms. The molecular formula is C16H19Cl2NO3. The predicted octanol–water partition coefficient (Wildman–Crippen LogP) is 3.98. The Hall–Kier alpha value is -0.810. The molecule has 0 radical (unpaired) electrons. The zero-order valence-corrected chi connectivity index (χ0v) is 14.2. The van der Waals surface area contributed by atoms with Gasteiger partial charge < -0.3 is 14.4 Å². The van der Waals surface area contributed by atoms with Crippen LogP contribution in [-0.4, -0.2) is 25.7 Å². The smallest absolute Gasteiger partial charge is 0.292 e. The molecule has 1 aromatic rings. The minimum atomic E-state index is -1.42. The zero-order chi connectivity index (χ0) is 15.9. The molecule has 1 saturated heterocycles. The van der Waals surface area contributed by atoms with Crippen molar-refractivity contribution in [2.24, 2.45) is 5.92 Å². The van der Waals surface area contributed by atoms with Crippen molar-refractivity contribution >= 4 is 34.8 Å². The highest BCUT2D eigenvalue weighted by molar-refractivity contribution is 6.38. The van der Waals surface area contributed by atoms with Gasteiger partial charge in [0.15, 0.2) is 0 Å². The van der Waals surface area contributed by atoms with E-state index in [4.69, 9.17) is 32.7 Å². The quantitative estimate of drug-likeness (QED) is 0.833. The molecule has 4 nitrogen and oxygen atoms in total. The number of rotatable bonds is 3. The predicted molar refractivity (Wildman–Crippen MR) is 86.5 cm³/mol. The molecule has 0 bridgehead atoms. The number of anilines is 1. The summed E-state index contributed by atoms with van der Waals surface area (Å²) in [6, 6.07) is 3.39. The molecule has 0 atom stereocenters. The third-order valence-electron chi connectivity index (χ3n) is 4.03. The minimum Gasteiger partial charge on any atom is -0.338 e. The van der Waals surface area contributed by atoms with Crippen molar-refractivity contribution in [3.63, 3.8) is 0 Å². The van der Waals surface area contributed by atoms with E-state index in [2.05, 4.69) is 13.8 Å². The summed E-state index contributed by atoms with van der Waals surface area (Å²) in [7, 11) is 0. The van der Waals surface area contributed by atoms with E-state index in [-0.39, 0.29) is 5.91 Å². The Kier molecular flexibility index (Phi) is 4.38. The van der Waals surface area contributed by atoms with Crippen LogP contribution >= 0.6 is 23.2 Å². The molecule has 1 aromatic carbocycles. The number of carbonyl (C=O) groups is 1. The van der Waals surface area contributed by atoms with Crippen molar-refractivity contribution in [3.8, 4) is 0 Å². The molecule has 1 fully saturated rings. The first-order valence-corrected chi connectivity index (χ1v) is 8.31. The van der Waals surface area contributed by atoms with Gasteiger partial charge in [-0.05, 0) is 30.9 Å². The number of fused-ring (bicyclic) bond motifs is 2. The summed E-state index contributed by atoms with van der Waals surface area (Å²) in [5.41, 5.74) is 1.18. The lowest BCUT2D eigenvalue weighted by atomic mass is 10.1. The van der Waals surface area contributed by atoms with E-state index >= 15 is 0 Å². The van der Waals surface area contributed by atoms with E-state index in [0.717, 1.165) is 12.8 Å². The van der Waals surface area contributed by atoms with Crippen molar-refractivity contribution in [2.75, 3.05) is 24.7 Å².